The van der Waals surface area contributed by atoms with Crippen LogP contribution in [-0.4, -0.2) is 60.5 Å². The van der Waals surface area contributed by atoms with Crippen molar-refractivity contribution < 1.29 is 151 Å². The Labute approximate surface area is 425 Å². The number of nitrogens with one attached hydrogen (secondary N) is 2. The molecule has 0 saturated heterocycles. The van der Waals surface area contributed by atoms with Crippen molar-refractivity contribution in [3.63, 3.8) is 0 Å². The maximum atomic E-state index is 12.6. The third-order valence-electron chi connectivity index (χ3n) is 7.73. The first-order valence-electron chi connectivity index (χ1n) is 15.7. The smallest absolute Gasteiger partial charge is 0.871 e. The maximum Gasteiger partial charge on any atom is 1.00 e. The minimum Gasteiger partial charge on any atom is -0.871 e. The van der Waals surface area contributed by atoms with Gasteiger partial charge in [-0.3, -0.25) is 49.1 Å². The Balaban J connectivity index is 0.000000582. The van der Waals surface area contributed by atoms with Crippen LogP contribution in [0, 0.1) is 34.1 Å². The van der Waals surface area contributed by atoms with Crippen LogP contribution in [0.3, 0.4) is 0 Å². The summed E-state index contributed by atoms with van der Waals surface area (Å²) in [7, 11) is -8.74. The molecule has 0 bridgehead atoms. The van der Waals surface area contributed by atoms with E-state index < -0.39 is 47.0 Å². The normalized spacial score (nSPS) is 11.0. The number of benzene rings is 4. The Morgan fingerprint density at radius 1 is 0.613 bits per heavy atom. The zero-order chi connectivity index (χ0) is 42.7. The number of hydrogen-bond donors (Lipinski definition) is 4. The summed E-state index contributed by atoms with van der Waals surface area (Å²) in [5, 5.41) is 61.7. The zero-order valence-corrected chi connectivity index (χ0v) is 41.4. The van der Waals surface area contributed by atoms with Gasteiger partial charge in [0.05, 0.1) is 54.2 Å². The number of nitro groups is 2. The summed E-state index contributed by atoms with van der Waals surface area (Å²) in [5.41, 5.74) is -1.33. The van der Waals surface area contributed by atoms with Crippen molar-refractivity contribution in [1.82, 2.24) is 19.6 Å². The fraction of sp³-hybridized carbons (Fsp3) is 0.0625. The number of aromatic nitrogens is 4. The Bertz CT molecular complexity index is 2810. The van der Waals surface area contributed by atoms with E-state index >= 15 is 0 Å². The number of aromatic amines is 2. The SMILES string of the molecule is Cc1[nH]n(-c2ccc(S(=O)(=O)O)cc2)c(=O)c1N=Nc1cc([N+](=O)[O-])ccc1[O-].Cc1[nH]n(-c2ccc(S(=O)(=O)O)cc2)c(=O)c1N=Nc1cc([N+](=O)[O-])ccc1[OH2+].[Co].[Na+].[Na+].[Na+]. The molecule has 0 atom stereocenters. The number of non-ortho nitro benzene ring substituents is 2. The molecule has 0 fully saturated rings. The van der Waals surface area contributed by atoms with Crippen LogP contribution in [0.4, 0.5) is 34.1 Å². The van der Waals surface area contributed by atoms with E-state index in [9.17, 15) is 51.8 Å². The summed E-state index contributed by atoms with van der Waals surface area (Å²) >= 11 is 0. The molecule has 0 saturated carbocycles. The van der Waals surface area contributed by atoms with Crippen LogP contribution in [0.5, 0.6) is 11.5 Å². The van der Waals surface area contributed by atoms with Crippen LogP contribution >= 0.6 is 0 Å². The quantitative estimate of drug-likeness (QED) is 0.0252. The maximum absolute atomic E-state index is 12.6. The van der Waals surface area contributed by atoms with Gasteiger partial charge in [-0.25, -0.2) is 9.36 Å². The number of hydrogen-bond acceptors (Lipinski definition) is 15. The van der Waals surface area contributed by atoms with Gasteiger partial charge < -0.3 is 10.2 Å². The molecule has 6 rings (SSSR count). The van der Waals surface area contributed by atoms with Gasteiger partial charge in [-0.2, -0.15) is 21.9 Å². The first-order valence-corrected chi connectivity index (χ1v) is 18.6. The van der Waals surface area contributed by atoms with E-state index in [1.165, 1.54) is 37.3 Å². The molecule has 24 nitrogen and oxygen atoms in total. The van der Waals surface area contributed by atoms with E-state index in [0.29, 0.717) is 5.69 Å². The summed E-state index contributed by atoms with van der Waals surface area (Å²) in [6.07, 6.45) is 0. The minimum atomic E-state index is -4.38. The van der Waals surface area contributed by atoms with Gasteiger partial charge in [0.1, 0.15) is 0 Å². The Morgan fingerprint density at radius 3 is 1.34 bits per heavy atom. The van der Waals surface area contributed by atoms with Crippen molar-refractivity contribution in [2.24, 2.45) is 20.5 Å². The van der Waals surface area contributed by atoms with Gasteiger partial charge in [-0.05, 0) is 62.4 Å². The Morgan fingerprint density at radius 2 is 0.968 bits per heavy atom. The van der Waals surface area contributed by atoms with E-state index in [0.717, 1.165) is 64.0 Å². The average Bonchev–Trinajstić information content (AvgIpc) is 3.61. The van der Waals surface area contributed by atoms with Gasteiger partial charge >= 0.3 is 88.7 Å². The number of nitrogens with zero attached hydrogens (tertiary/aromatic N) is 8. The number of H-pyrrole nitrogens is 2. The molecular formula is C32H26CoN10Na3O14S2+3. The van der Waals surface area contributed by atoms with Gasteiger partial charge in [-0.15, -0.1) is 15.3 Å². The third-order valence-corrected chi connectivity index (χ3v) is 9.46. The molecule has 0 unspecified atom stereocenters. The summed E-state index contributed by atoms with van der Waals surface area (Å²) in [6.45, 7) is 3.07. The molecule has 2 heterocycles. The Kier molecular flexibility index (Phi) is 20.7. The van der Waals surface area contributed by atoms with E-state index in [1.807, 2.05) is 0 Å². The molecule has 0 amide bonds. The molecule has 4 aromatic carbocycles. The van der Waals surface area contributed by atoms with E-state index in [4.69, 9.17) is 14.2 Å². The summed E-state index contributed by atoms with van der Waals surface area (Å²) in [4.78, 5) is 44.9. The second kappa shape index (κ2) is 23.0. The van der Waals surface area contributed by atoms with Crippen LogP contribution in [0.25, 0.3) is 11.4 Å². The van der Waals surface area contributed by atoms with Gasteiger partial charge in [0.25, 0.3) is 48.5 Å². The van der Waals surface area contributed by atoms with Gasteiger partial charge in [0.2, 0.25) is 0 Å². The molecule has 0 spiro atoms. The predicted molar refractivity (Wildman–Crippen MR) is 199 cm³/mol. The molecule has 2 aromatic heterocycles. The van der Waals surface area contributed by atoms with Crippen LogP contribution in [0.2, 0.25) is 0 Å². The minimum absolute atomic E-state index is 0. The molecule has 30 heteroatoms. The van der Waals surface area contributed by atoms with E-state index in [2.05, 4.69) is 30.7 Å². The van der Waals surface area contributed by atoms with Crippen LogP contribution in [-0.2, 0) is 37.0 Å². The van der Waals surface area contributed by atoms with Gasteiger partial charge in [0.15, 0.2) is 17.1 Å². The summed E-state index contributed by atoms with van der Waals surface area (Å²) in [5.74, 6) is -0.706. The van der Waals surface area contributed by atoms with Gasteiger partial charge in [0, 0.05) is 41.0 Å². The molecule has 0 aliphatic carbocycles. The fourth-order valence-corrected chi connectivity index (χ4v) is 5.79. The van der Waals surface area contributed by atoms with Crippen LogP contribution in [0.15, 0.2) is 125 Å². The molecular weight excluding hydrogens is 940 g/mol. The molecule has 0 aliphatic heterocycles. The van der Waals surface area contributed by atoms with Crippen molar-refractivity contribution in [1.29, 1.82) is 0 Å². The first-order chi connectivity index (χ1) is 27.1. The first kappa shape index (κ1) is 55.8. The molecule has 6 aromatic rings. The number of azo groups is 2. The average molecular weight is 967 g/mol. The number of rotatable bonds is 10. The topological polar surface area (TPSA) is 366 Å². The fourth-order valence-electron chi connectivity index (χ4n) is 4.83. The van der Waals surface area contributed by atoms with Crippen molar-refractivity contribution in [3.05, 3.63) is 137 Å². The summed E-state index contributed by atoms with van der Waals surface area (Å²) in [6, 6.07) is 16.1. The molecule has 1 radical (unpaired) electrons. The van der Waals surface area contributed by atoms with Crippen molar-refractivity contribution in [2.75, 3.05) is 0 Å². The van der Waals surface area contributed by atoms with Gasteiger partial charge in [-0.1, -0.05) is 11.8 Å². The molecule has 0 aliphatic rings. The second-order valence-electron chi connectivity index (χ2n) is 11.7. The largest absolute Gasteiger partial charge is 1.00 e. The van der Waals surface area contributed by atoms with E-state index in [-0.39, 0.29) is 172 Å². The van der Waals surface area contributed by atoms with Crippen LogP contribution < -0.4 is 105 Å². The molecule has 6 N–H and O–H groups in total. The van der Waals surface area contributed by atoms with E-state index in [1.54, 1.807) is 6.92 Å². The zero-order valence-electron chi connectivity index (χ0n) is 32.7. The number of aryl methyl sites for hydroxylation is 2. The second-order valence-corrected chi connectivity index (χ2v) is 14.5. The van der Waals surface area contributed by atoms with Crippen molar-refractivity contribution in [3.8, 4) is 22.9 Å². The summed E-state index contributed by atoms with van der Waals surface area (Å²) < 4.78 is 64.6. The number of nitro benzene ring substituents is 2. The predicted octanol–water partition coefficient (Wildman–Crippen LogP) is -4.39. The third kappa shape index (κ3) is 13.4. The van der Waals surface area contributed by atoms with Crippen LogP contribution in [0.1, 0.15) is 11.4 Å². The Hall–Kier alpha value is -4.17. The van der Waals surface area contributed by atoms with Crippen molar-refractivity contribution >= 4 is 54.4 Å². The molecule has 62 heavy (non-hydrogen) atoms. The molecule has 309 valence electrons. The van der Waals surface area contributed by atoms with Crippen molar-refractivity contribution in [2.45, 2.75) is 23.6 Å². The standard InChI is InChI=1S/2C16H13N5O7S.Co.3Na/c2*1-9-15(18-17-13-8-11(21(24)25)4-7-14(13)22)16(23)20(19-9)10-2-5-12(6-3-10)29(26,27)28;;;;/h2*2-8,19,22H,1H3,(H,26,27,28);;;;/q;;;3*+1. The monoisotopic (exact) mass is 966 g/mol.